The van der Waals surface area contributed by atoms with Crippen molar-refractivity contribution in [1.82, 2.24) is 15.6 Å². The lowest BCUT2D eigenvalue weighted by Gasteiger charge is -2.19. The average molecular weight is 379 g/mol. The van der Waals surface area contributed by atoms with Crippen molar-refractivity contribution in [2.45, 2.75) is 31.9 Å². The number of aromatic nitrogens is 1. The van der Waals surface area contributed by atoms with Crippen LogP contribution in [0.25, 0.3) is 10.9 Å². The predicted octanol–water partition coefficient (Wildman–Crippen LogP) is 2.72. The van der Waals surface area contributed by atoms with Crippen molar-refractivity contribution < 1.29 is 9.47 Å². The fourth-order valence-corrected chi connectivity index (χ4v) is 3.24. The summed E-state index contributed by atoms with van der Waals surface area (Å²) in [4.78, 5) is 7.57. The molecule has 1 aromatic heterocycles. The second kappa shape index (κ2) is 9.26. The molecule has 3 rings (SSSR count). The van der Waals surface area contributed by atoms with Gasteiger partial charge in [-0.15, -0.1) is 0 Å². The molecule has 2 atom stereocenters. The minimum absolute atomic E-state index is 0.175. The lowest BCUT2D eigenvalue weighted by molar-refractivity contribution is 0.0347. The number of hydrogen-bond acceptors (Lipinski definition) is 3. The molecule has 142 valence electrons. The maximum atomic E-state index is 6.11. The molecule has 2 aromatic rings. The quantitative estimate of drug-likeness (QED) is 0.511. The molecule has 1 aromatic carbocycles. The summed E-state index contributed by atoms with van der Waals surface area (Å²) in [6, 6.07) is 6.08. The lowest BCUT2D eigenvalue weighted by Crippen LogP contribution is -2.45. The Kier molecular flexibility index (Phi) is 6.77. The topological polar surface area (TPSA) is 70.7 Å². The molecule has 0 amide bonds. The molecule has 0 radical (unpaired) electrons. The van der Waals surface area contributed by atoms with Crippen molar-refractivity contribution in [3.63, 3.8) is 0 Å². The lowest BCUT2D eigenvalue weighted by atomic mass is 10.1. The molecule has 3 N–H and O–H groups in total. The van der Waals surface area contributed by atoms with Gasteiger partial charge in [-0.1, -0.05) is 11.6 Å². The summed E-state index contributed by atoms with van der Waals surface area (Å²) < 4.78 is 11.2. The smallest absolute Gasteiger partial charge is 0.191 e. The number of fused-ring (bicyclic) bond motifs is 1. The van der Waals surface area contributed by atoms with Crippen LogP contribution in [0, 0.1) is 0 Å². The van der Waals surface area contributed by atoms with E-state index in [2.05, 4.69) is 27.5 Å². The van der Waals surface area contributed by atoms with Crippen molar-refractivity contribution >= 4 is 28.5 Å². The highest BCUT2D eigenvalue weighted by Crippen LogP contribution is 2.22. The van der Waals surface area contributed by atoms with Crippen LogP contribution in [0.5, 0.6) is 0 Å². The third-order valence-electron chi connectivity index (χ3n) is 4.49. The Hall–Kier alpha value is -1.76. The summed E-state index contributed by atoms with van der Waals surface area (Å²) in [6.45, 7) is 5.01. The number of aromatic amines is 1. The third kappa shape index (κ3) is 5.13. The standard InChI is InChI=1S/C19H27ClN4O2/c1-13(11-26-16-6-8-25-12-16)24-19(21-2)22-7-5-14-10-23-18-4-3-15(20)9-17(14)18/h3-4,9-10,13,16,23H,5-8,11-12H2,1-2H3,(H2,21,22,24). The van der Waals surface area contributed by atoms with Gasteiger partial charge in [-0.25, -0.2) is 0 Å². The number of aliphatic imine (C=N–C) groups is 1. The highest BCUT2D eigenvalue weighted by atomic mass is 35.5. The zero-order chi connectivity index (χ0) is 18.4. The van der Waals surface area contributed by atoms with Gasteiger partial charge in [-0.2, -0.15) is 0 Å². The number of ether oxygens (including phenoxy) is 2. The van der Waals surface area contributed by atoms with Gasteiger partial charge in [0.15, 0.2) is 5.96 Å². The summed E-state index contributed by atoms with van der Waals surface area (Å²) in [5.41, 5.74) is 2.34. The van der Waals surface area contributed by atoms with Crippen molar-refractivity contribution in [2.24, 2.45) is 4.99 Å². The molecule has 0 bridgehead atoms. The summed E-state index contributed by atoms with van der Waals surface area (Å²) in [6.07, 6.45) is 4.13. The molecule has 1 fully saturated rings. The maximum Gasteiger partial charge on any atom is 0.191 e. The van der Waals surface area contributed by atoms with Crippen LogP contribution in [0.2, 0.25) is 5.02 Å². The molecule has 2 unspecified atom stereocenters. The second-order valence-corrected chi connectivity index (χ2v) is 7.05. The Bertz CT molecular complexity index is 740. The highest BCUT2D eigenvalue weighted by molar-refractivity contribution is 6.31. The second-order valence-electron chi connectivity index (χ2n) is 6.62. The number of rotatable bonds is 7. The Morgan fingerprint density at radius 2 is 2.38 bits per heavy atom. The van der Waals surface area contributed by atoms with Gasteiger partial charge < -0.3 is 25.1 Å². The zero-order valence-corrected chi connectivity index (χ0v) is 16.1. The van der Waals surface area contributed by atoms with E-state index in [4.69, 9.17) is 21.1 Å². The number of H-pyrrole nitrogens is 1. The van der Waals surface area contributed by atoms with Crippen LogP contribution in [0.15, 0.2) is 29.4 Å². The third-order valence-corrected chi connectivity index (χ3v) is 4.73. The number of guanidine groups is 1. The summed E-state index contributed by atoms with van der Waals surface area (Å²) >= 11 is 6.11. The van der Waals surface area contributed by atoms with Gasteiger partial charge in [0.1, 0.15) is 0 Å². The first kappa shape index (κ1) is 19.0. The van der Waals surface area contributed by atoms with Gasteiger partial charge in [0.25, 0.3) is 0 Å². The monoisotopic (exact) mass is 378 g/mol. The van der Waals surface area contributed by atoms with E-state index in [1.165, 1.54) is 10.9 Å². The van der Waals surface area contributed by atoms with Crippen molar-refractivity contribution in [3.8, 4) is 0 Å². The first-order valence-electron chi connectivity index (χ1n) is 9.07. The summed E-state index contributed by atoms with van der Waals surface area (Å²) in [5, 5.41) is 8.64. The Morgan fingerprint density at radius 1 is 1.50 bits per heavy atom. The van der Waals surface area contributed by atoms with Gasteiger partial charge in [0, 0.05) is 48.4 Å². The molecule has 0 saturated carbocycles. The number of nitrogens with zero attached hydrogens (tertiary/aromatic N) is 1. The van der Waals surface area contributed by atoms with E-state index in [9.17, 15) is 0 Å². The van der Waals surface area contributed by atoms with Crippen LogP contribution in [0.1, 0.15) is 18.9 Å². The van der Waals surface area contributed by atoms with Gasteiger partial charge in [-0.3, -0.25) is 4.99 Å². The van der Waals surface area contributed by atoms with E-state index < -0.39 is 0 Å². The van der Waals surface area contributed by atoms with E-state index in [0.29, 0.717) is 13.2 Å². The van der Waals surface area contributed by atoms with Gasteiger partial charge in [-0.05, 0) is 43.5 Å². The van der Waals surface area contributed by atoms with E-state index in [1.54, 1.807) is 7.05 Å². The molecular formula is C19H27ClN4O2. The number of nitrogens with one attached hydrogen (secondary N) is 3. The first-order valence-corrected chi connectivity index (χ1v) is 9.45. The fraction of sp³-hybridized carbons (Fsp3) is 0.526. The molecule has 1 saturated heterocycles. The van der Waals surface area contributed by atoms with E-state index >= 15 is 0 Å². The average Bonchev–Trinajstić information content (AvgIpc) is 3.29. The Labute approximate surface area is 159 Å². The van der Waals surface area contributed by atoms with Crippen LogP contribution in [0.3, 0.4) is 0 Å². The van der Waals surface area contributed by atoms with E-state index in [1.807, 2.05) is 24.4 Å². The Balaban J connectivity index is 1.44. The van der Waals surface area contributed by atoms with Crippen molar-refractivity contribution in [3.05, 3.63) is 35.0 Å². The normalized spacial score (nSPS) is 19.0. The zero-order valence-electron chi connectivity index (χ0n) is 15.3. The fourth-order valence-electron chi connectivity index (χ4n) is 3.07. The molecule has 7 heteroatoms. The maximum absolute atomic E-state index is 6.11. The summed E-state index contributed by atoms with van der Waals surface area (Å²) in [5.74, 6) is 0.779. The largest absolute Gasteiger partial charge is 0.379 e. The van der Waals surface area contributed by atoms with Crippen LogP contribution in [0.4, 0.5) is 0 Å². The molecular weight excluding hydrogens is 352 g/mol. The van der Waals surface area contributed by atoms with Crippen molar-refractivity contribution in [1.29, 1.82) is 0 Å². The molecule has 0 spiro atoms. The molecule has 26 heavy (non-hydrogen) atoms. The molecule has 1 aliphatic rings. The number of benzene rings is 1. The molecule has 2 heterocycles. The van der Waals surface area contributed by atoms with E-state index in [-0.39, 0.29) is 12.1 Å². The molecule has 0 aliphatic carbocycles. The van der Waals surface area contributed by atoms with E-state index in [0.717, 1.165) is 42.5 Å². The van der Waals surface area contributed by atoms with Gasteiger partial charge in [0.2, 0.25) is 0 Å². The first-order chi connectivity index (χ1) is 12.7. The van der Waals surface area contributed by atoms with Crippen LogP contribution >= 0.6 is 11.6 Å². The van der Waals surface area contributed by atoms with Gasteiger partial charge >= 0.3 is 0 Å². The SMILES string of the molecule is CN=C(NCCc1c[nH]c2ccc(Cl)cc12)NC(C)COC1CCOC1. The van der Waals surface area contributed by atoms with Crippen molar-refractivity contribution in [2.75, 3.05) is 33.4 Å². The number of hydrogen-bond donors (Lipinski definition) is 3. The van der Waals surface area contributed by atoms with Crippen LogP contribution < -0.4 is 10.6 Å². The highest BCUT2D eigenvalue weighted by Gasteiger charge is 2.17. The minimum atomic E-state index is 0.175. The molecule has 1 aliphatic heterocycles. The Morgan fingerprint density at radius 3 is 3.15 bits per heavy atom. The summed E-state index contributed by atoms with van der Waals surface area (Å²) in [7, 11) is 1.78. The van der Waals surface area contributed by atoms with Crippen LogP contribution in [-0.4, -0.2) is 56.5 Å². The predicted molar refractivity (Wildman–Crippen MR) is 106 cm³/mol. The number of halogens is 1. The van der Waals surface area contributed by atoms with Gasteiger partial charge in [0.05, 0.1) is 19.3 Å². The molecule has 6 nitrogen and oxygen atoms in total. The minimum Gasteiger partial charge on any atom is -0.379 e. The van der Waals surface area contributed by atoms with Crippen LogP contribution in [-0.2, 0) is 15.9 Å².